The minimum Gasteiger partial charge on any atom is -0.496 e. The second-order valence-corrected chi connectivity index (χ2v) is 12.6. The monoisotopic (exact) mass is 561 g/mol. The predicted molar refractivity (Wildman–Crippen MR) is 151 cm³/mol. The van der Waals surface area contributed by atoms with Crippen molar-refractivity contribution in [1.29, 1.82) is 0 Å². The van der Waals surface area contributed by atoms with E-state index in [4.69, 9.17) is 21.3 Å². The van der Waals surface area contributed by atoms with Crippen molar-refractivity contribution in [2.24, 2.45) is 0 Å². The molecule has 0 radical (unpaired) electrons. The largest absolute Gasteiger partial charge is 0.496 e. The van der Waals surface area contributed by atoms with Crippen molar-refractivity contribution in [2.45, 2.75) is 44.3 Å². The molecule has 0 spiro atoms. The van der Waals surface area contributed by atoms with Crippen LogP contribution in [0, 0.1) is 0 Å². The van der Waals surface area contributed by atoms with Gasteiger partial charge in [-0.2, -0.15) is 0 Å². The number of hydrogen-bond donors (Lipinski definition) is 3. The fourth-order valence-corrected chi connectivity index (χ4v) is 6.43. The summed E-state index contributed by atoms with van der Waals surface area (Å²) in [5.74, 6) is 1.37. The van der Waals surface area contributed by atoms with Crippen LogP contribution in [0.15, 0.2) is 24.4 Å². The number of hydrogen-bond acceptors (Lipinski definition) is 8. The van der Waals surface area contributed by atoms with Gasteiger partial charge in [0.25, 0.3) is 0 Å². The zero-order valence-corrected chi connectivity index (χ0v) is 23.7. The molecule has 1 aromatic carbocycles. The molecule has 0 bridgehead atoms. The maximum Gasteiger partial charge on any atom is 0.209 e. The zero-order chi connectivity index (χ0) is 26.9. The highest BCUT2D eigenvalue weighted by Crippen LogP contribution is 2.35. The lowest BCUT2D eigenvalue weighted by atomic mass is 9.91. The number of piperazine rings is 1. The summed E-state index contributed by atoms with van der Waals surface area (Å²) in [6, 6.07) is 5.91. The van der Waals surface area contributed by atoms with Gasteiger partial charge in [0.1, 0.15) is 17.1 Å². The predicted octanol–water partition coefficient (Wildman–Crippen LogP) is 3.31. The van der Waals surface area contributed by atoms with Crippen LogP contribution in [0.2, 0.25) is 5.02 Å². The number of benzene rings is 1. The smallest absolute Gasteiger partial charge is 0.209 e. The van der Waals surface area contributed by atoms with Gasteiger partial charge in [-0.05, 0) is 37.6 Å². The number of aromatic amines is 1. The number of nitrogens with zero attached hydrogens (tertiary/aromatic N) is 4. The molecule has 10 nitrogen and oxygen atoms in total. The van der Waals surface area contributed by atoms with Crippen LogP contribution >= 0.6 is 11.6 Å². The number of likely N-dealkylation sites (N-methyl/N-ethyl adjacent to an activating group) is 1. The first-order valence-corrected chi connectivity index (χ1v) is 15.3. The third-order valence-electron chi connectivity index (χ3n) is 7.46. The lowest BCUT2D eigenvalue weighted by Crippen LogP contribution is -2.48. The summed E-state index contributed by atoms with van der Waals surface area (Å²) in [4.78, 5) is 17.4. The molecular weight excluding hydrogens is 526 g/mol. The standard InChI is InChI=1S/C26H36ClN7O3S/c1-33-10-12-34(13-11-33)16-17-8-9-18(22(14-17)37-2)25-30-24-23(19(27)15-28-26(24)31-25)29-20-6-4-5-7-21(20)32-38(3,35)36/h8-9,14-15,20-21,32H,4-7,10-13,16H2,1-3H3,(H2,28,29,30,31)/t20-,21-/m1/s1. The normalized spacial score (nSPS) is 21.6. The van der Waals surface area contributed by atoms with Crippen molar-refractivity contribution >= 4 is 38.5 Å². The van der Waals surface area contributed by atoms with Crippen molar-refractivity contribution in [2.75, 3.05) is 51.9 Å². The van der Waals surface area contributed by atoms with Crippen LogP contribution < -0.4 is 14.8 Å². The molecule has 1 aliphatic carbocycles. The SMILES string of the molecule is COc1cc(CN2CCN(C)CC2)ccc1-c1nc2ncc(Cl)c(N[C@@H]3CCCC[C@H]3NS(C)(=O)=O)c2[nH]1. The number of H-pyrrole nitrogens is 1. The molecule has 3 heterocycles. The van der Waals surface area contributed by atoms with E-state index >= 15 is 0 Å². The maximum atomic E-state index is 11.9. The van der Waals surface area contributed by atoms with Gasteiger partial charge in [0.2, 0.25) is 10.0 Å². The Balaban J connectivity index is 1.42. The molecule has 5 rings (SSSR count). The fraction of sp³-hybridized carbons (Fsp3) is 0.538. The Labute approximate surface area is 229 Å². The van der Waals surface area contributed by atoms with Gasteiger partial charge in [0.05, 0.1) is 35.8 Å². The molecule has 2 atom stereocenters. The maximum absolute atomic E-state index is 11.9. The molecule has 1 saturated heterocycles. The summed E-state index contributed by atoms with van der Waals surface area (Å²) in [5, 5.41) is 3.96. The number of fused-ring (bicyclic) bond motifs is 1. The Kier molecular flexibility index (Phi) is 8.11. The Bertz CT molecular complexity index is 1390. The highest BCUT2D eigenvalue weighted by molar-refractivity contribution is 7.88. The minimum absolute atomic E-state index is 0.100. The van der Waals surface area contributed by atoms with E-state index in [1.54, 1.807) is 13.3 Å². The average Bonchev–Trinajstić information content (AvgIpc) is 3.31. The van der Waals surface area contributed by atoms with Crippen molar-refractivity contribution < 1.29 is 13.2 Å². The number of sulfonamides is 1. The van der Waals surface area contributed by atoms with Crippen LogP contribution in [-0.4, -0.2) is 91.8 Å². The van der Waals surface area contributed by atoms with Crippen LogP contribution in [0.25, 0.3) is 22.6 Å². The van der Waals surface area contributed by atoms with E-state index in [0.717, 1.165) is 69.7 Å². The first kappa shape index (κ1) is 27.1. The van der Waals surface area contributed by atoms with Gasteiger partial charge in [-0.3, -0.25) is 4.90 Å². The van der Waals surface area contributed by atoms with Crippen LogP contribution in [0.1, 0.15) is 31.2 Å². The number of ether oxygens (including phenoxy) is 1. The number of rotatable bonds is 8. The van der Waals surface area contributed by atoms with Gasteiger partial charge < -0.3 is 19.9 Å². The first-order chi connectivity index (χ1) is 18.2. The van der Waals surface area contributed by atoms with E-state index in [-0.39, 0.29) is 12.1 Å². The highest BCUT2D eigenvalue weighted by atomic mass is 35.5. The van der Waals surface area contributed by atoms with Crippen LogP contribution in [0.3, 0.4) is 0 Å². The third-order valence-corrected chi connectivity index (χ3v) is 8.48. The third kappa shape index (κ3) is 6.23. The number of anilines is 1. The topological polar surface area (TPSA) is 115 Å². The Morgan fingerprint density at radius 2 is 1.89 bits per heavy atom. The molecule has 3 N–H and O–H groups in total. The van der Waals surface area contributed by atoms with E-state index in [0.29, 0.717) is 27.7 Å². The van der Waals surface area contributed by atoms with E-state index < -0.39 is 10.0 Å². The molecule has 0 unspecified atom stereocenters. The average molecular weight is 562 g/mol. The zero-order valence-electron chi connectivity index (χ0n) is 22.1. The Morgan fingerprint density at radius 3 is 2.61 bits per heavy atom. The molecule has 2 aromatic heterocycles. The first-order valence-electron chi connectivity index (χ1n) is 13.1. The van der Waals surface area contributed by atoms with Crippen LogP contribution in [0.4, 0.5) is 5.69 Å². The summed E-state index contributed by atoms with van der Waals surface area (Å²) < 4.78 is 32.4. The number of halogens is 1. The van der Waals surface area contributed by atoms with Gasteiger partial charge in [-0.1, -0.05) is 30.5 Å². The molecular formula is C26H36ClN7O3S. The molecule has 0 amide bonds. The van der Waals surface area contributed by atoms with Gasteiger partial charge in [-0.15, -0.1) is 0 Å². The Hall–Kier alpha value is -2.44. The summed E-state index contributed by atoms with van der Waals surface area (Å²) in [5.41, 5.74) is 3.91. The molecule has 206 valence electrons. The van der Waals surface area contributed by atoms with Gasteiger partial charge in [-0.25, -0.2) is 23.1 Å². The Morgan fingerprint density at radius 1 is 1.16 bits per heavy atom. The number of nitrogens with one attached hydrogen (secondary N) is 3. The summed E-state index contributed by atoms with van der Waals surface area (Å²) in [6.07, 6.45) is 6.36. The van der Waals surface area contributed by atoms with E-state index in [1.165, 1.54) is 11.8 Å². The summed E-state index contributed by atoms with van der Waals surface area (Å²) >= 11 is 6.60. The molecule has 38 heavy (non-hydrogen) atoms. The van der Waals surface area contributed by atoms with Crippen LogP contribution in [-0.2, 0) is 16.6 Å². The molecule has 2 aliphatic rings. The van der Waals surface area contributed by atoms with Crippen molar-refractivity contribution in [3.63, 3.8) is 0 Å². The summed E-state index contributed by atoms with van der Waals surface area (Å²) in [7, 11) is 0.495. The van der Waals surface area contributed by atoms with Crippen LogP contribution in [0.5, 0.6) is 5.75 Å². The quantitative estimate of drug-likeness (QED) is 0.384. The van der Waals surface area contributed by atoms with Crippen molar-refractivity contribution in [3.8, 4) is 17.1 Å². The molecule has 12 heteroatoms. The number of aromatic nitrogens is 3. The fourth-order valence-electron chi connectivity index (χ4n) is 5.40. The van der Waals surface area contributed by atoms with Crippen molar-refractivity contribution in [1.82, 2.24) is 29.5 Å². The van der Waals surface area contributed by atoms with Crippen molar-refractivity contribution in [3.05, 3.63) is 35.0 Å². The molecule has 1 aliphatic heterocycles. The molecule has 3 aromatic rings. The lowest BCUT2D eigenvalue weighted by Gasteiger charge is -2.33. The van der Waals surface area contributed by atoms with E-state index in [9.17, 15) is 8.42 Å². The second-order valence-electron chi connectivity index (χ2n) is 10.4. The number of imidazole rings is 1. The highest BCUT2D eigenvalue weighted by Gasteiger charge is 2.29. The van der Waals surface area contributed by atoms with E-state index in [1.807, 2.05) is 6.07 Å². The number of pyridine rings is 1. The minimum atomic E-state index is -3.33. The van der Waals surface area contributed by atoms with Gasteiger partial charge >= 0.3 is 0 Å². The van der Waals surface area contributed by atoms with E-state index in [2.05, 4.69) is 49.0 Å². The summed E-state index contributed by atoms with van der Waals surface area (Å²) in [6.45, 7) is 5.12. The number of methoxy groups -OCH3 is 1. The molecule has 2 fully saturated rings. The molecule has 1 saturated carbocycles. The second kappa shape index (κ2) is 11.4. The lowest BCUT2D eigenvalue weighted by molar-refractivity contribution is 0.148. The van der Waals surface area contributed by atoms with Gasteiger partial charge in [0, 0.05) is 44.8 Å². The van der Waals surface area contributed by atoms with Gasteiger partial charge in [0.15, 0.2) is 5.65 Å².